The summed E-state index contributed by atoms with van der Waals surface area (Å²) < 4.78 is 0. The second-order valence-corrected chi connectivity index (χ2v) is 3.93. The maximum absolute atomic E-state index is 11.4. The summed E-state index contributed by atoms with van der Waals surface area (Å²) in [5.74, 6) is 0.394. The predicted molar refractivity (Wildman–Crippen MR) is 45.5 cm³/mol. The van der Waals surface area contributed by atoms with E-state index in [4.69, 9.17) is 0 Å². The molecule has 1 aliphatic heterocycles. The van der Waals surface area contributed by atoms with Crippen molar-refractivity contribution >= 4 is 5.78 Å². The van der Waals surface area contributed by atoms with Crippen LogP contribution in [0.5, 0.6) is 0 Å². The van der Waals surface area contributed by atoms with Crippen molar-refractivity contribution in [3.8, 4) is 0 Å². The van der Waals surface area contributed by atoms with Crippen molar-refractivity contribution in [2.75, 3.05) is 19.6 Å². The fourth-order valence-corrected chi connectivity index (χ4v) is 1.34. The third-order valence-corrected chi connectivity index (χ3v) is 2.62. The number of likely N-dealkylation sites (N-methyl/N-ethyl adjacent to an activating group) is 1. The highest BCUT2D eigenvalue weighted by Crippen LogP contribution is 2.26. The average molecular weight is 155 g/mol. The quantitative estimate of drug-likeness (QED) is 0.569. The lowest BCUT2D eigenvalue weighted by Crippen LogP contribution is -2.44. The molecule has 0 spiro atoms. The van der Waals surface area contributed by atoms with Gasteiger partial charge in [-0.2, -0.15) is 0 Å². The maximum Gasteiger partial charge on any atom is 0.152 e. The summed E-state index contributed by atoms with van der Waals surface area (Å²) in [6, 6.07) is 0. The van der Waals surface area contributed by atoms with Gasteiger partial charge in [0.25, 0.3) is 0 Å². The molecule has 1 rings (SSSR count). The lowest BCUT2D eigenvalue weighted by atomic mass is 9.81. The van der Waals surface area contributed by atoms with E-state index in [0.717, 1.165) is 19.5 Å². The Bertz CT molecular complexity index is 163. The van der Waals surface area contributed by atoms with Gasteiger partial charge in [-0.25, -0.2) is 0 Å². The van der Waals surface area contributed by atoms with Gasteiger partial charge in [0.05, 0.1) is 6.54 Å². The number of hydrogen-bond donors (Lipinski definition) is 0. The second-order valence-electron chi connectivity index (χ2n) is 3.93. The highest BCUT2D eigenvalue weighted by molar-refractivity contribution is 5.86. The largest absolute Gasteiger partial charge is 0.298 e. The number of hydrogen-bond acceptors (Lipinski definition) is 2. The Morgan fingerprint density at radius 2 is 2.18 bits per heavy atom. The third-order valence-electron chi connectivity index (χ3n) is 2.62. The summed E-state index contributed by atoms with van der Waals surface area (Å²) in [7, 11) is 0. The van der Waals surface area contributed by atoms with Crippen LogP contribution < -0.4 is 0 Å². The van der Waals surface area contributed by atoms with E-state index in [-0.39, 0.29) is 5.41 Å². The maximum atomic E-state index is 11.4. The number of likely N-dealkylation sites (tertiary alicyclic amines) is 1. The number of nitrogens with zero attached hydrogens (tertiary/aromatic N) is 1. The molecular weight excluding hydrogens is 138 g/mol. The number of carbonyl (C=O) groups is 1. The zero-order valence-electron chi connectivity index (χ0n) is 7.68. The Hall–Kier alpha value is -0.370. The molecule has 0 aliphatic carbocycles. The zero-order valence-corrected chi connectivity index (χ0v) is 7.68. The molecular formula is C9H17NO. The Morgan fingerprint density at radius 3 is 2.64 bits per heavy atom. The fourth-order valence-electron chi connectivity index (χ4n) is 1.34. The van der Waals surface area contributed by atoms with E-state index in [2.05, 4.69) is 11.8 Å². The number of piperidine rings is 1. The molecule has 0 aromatic carbocycles. The van der Waals surface area contributed by atoms with Crippen LogP contribution in [0.1, 0.15) is 27.2 Å². The highest BCUT2D eigenvalue weighted by Gasteiger charge is 2.32. The molecule has 0 radical (unpaired) electrons. The van der Waals surface area contributed by atoms with E-state index < -0.39 is 0 Å². The van der Waals surface area contributed by atoms with Gasteiger partial charge >= 0.3 is 0 Å². The third kappa shape index (κ3) is 1.80. The van der Waals surface area contributed by atoms with Crippen LogP contribution >= 0.6 is 0 Å². The van der Waals surface area contributed by atoms with Crippen LogP contribution in [0.2, 0.25) is 0 Å². The fraction of sp³-hybridized carbons (Fsp3) is 0.889. The van der Waals surface area contributed by atoms with Crippen molar-refractivity contribution in [1.29, 1.82) is 0 Å². The minimum absolute atomic E-state index is 0.0638. The summed E-state index contributed by atoms with van der Waals surface area (Å²) in [6.07, 6.45) is 1.01. The van der Waals surface area contributed by atoms with Crippen molar-refractivity contribution in [2.24, 2.45) is 5.41 Å². The Labute approximate surface area is 68.6 Å². The molecule has 2 nitrogen and oxygen atoms in total. The second kappa shape index (κ2) is 2.94. The first-order valence-electron chi connectivity index (χ1n) is 4.32. The SMILES string of the molecule is CCN1CCC(C)(C)C(=O)C1. The number of Topliss-reactive ketones (excluding diaryl/α,β-unsaturated/α-hetero) is 1. The predicted octanol–water partition coefficient (Wildman–Crippen LogP) is 1.31. The average Bonchev–Trinajstić information content (AvgIpc) is 1.95. The summed E-state index contributed by atoms with van der Waals surface area (Å²) in [4.78, 5) is 13.6. The van der Waals surface area contributed by atoms with Crippen molar-refractivity contribution < 1.29 is 4.79 Å². The van der Waals surface area contributed by atoms with E-state index in [9.17, 15) is 4.79 Å². The van der Waals surface area contributed by atoms with Gasteiger partial charge in [-0.15, -0.1) is 0 Å². The lowest BCUT2D eigenvalue weighted by molar-refractivity contribution is -0.131. The van der Waals surface area contributed by atoms with E-state index in [1.807, 2.05) is 13.8 Å². The van der Waals surface area contributed by atoms with Gasteiger partial charge in [-0.1, -0.05) is 20.8 Å². The van der Waals surface area contributed by atoms with E-state index in [0.29, 0.717) is 12.3 Å². The molecule has 0 saturated carbocycles. The van der Waals surface area contributed by atoms with Crippen LogP contribution in [0.25, 0.3) is 0 Å². The highest BCUT2D eigenvalue weighted by atomic mass is 16.1. The van der Waals surface area contributed by atoms with Gasteiger partial charge in [-0.3, -0.25) is 9.69 Å². The number of rotatable bonds is 1. The first-order chi connectivity index (χ1) is 5.06. The van der Waals surface area contributed by atoms with Crippen molar-refractivity contribution in [2.45, 2.75) is 27.2 Å². The topological polar surface area (TPSA) is 20.3 Å². The van der Waals surface area contributed by atoms with Crippen molar-refractivity contribution in [3.05, 3.63) is 0 Å². The summed E-state index contributed by atoms with van der Waals surface area (Å²) >= 11 is 0. The van der Waals surface area contributed by atoms with Gasteiger partial charge in [0.15, 0.2) is 5.78 Å². The van der Waals surface area contributed by atoms with E-state index in [1.165, 1.54) is 0 Å². The van der Waals surface area contributed by atoms with Crippen LogP contribution in [0.3, 0.4) is 0 Å². The van der Waals surface area contributed by atoms with Crippen molar-refractivity contribution in [3.63, 3.8) is 0 Å². The smallest absolute Gasteiger partial charge is 0.152 e. The van der Waals surface area contributed by atoms with E-state index in [1.54, 1.807) is 0 Å². The summed E-state index contributed by atoms with van der Waals surface area (Å²) in [5.41, 5.74) is -0.0638. The molecule has 1 fully saturated rings. The molecule has 1 saturated heterocycles. The zero-order chi connectivity index (χ0) is 8.48. The van der Waals surface area contributed by atoms with Crippen molar-refractivity contribution in [1.82, 2.24) is 4.90 Å². The molecule has 0 bridgehead atoms. The normalized spacial score (nSPS) is 25.5. The van der Waals surface area contributed by atoms with Crippen LogP contribution in [-0.4, -0.2) is 30.3 Å². The molecule has 0 N–H and O–H groups in total. The first-order valence-corrected chi connectivity index (χ1v) is 4.32. The monoisotopic (exact) mass is 155 g/mol. The molecule has 1 heterocycles. The number of ketones is 1. The molecule has 0 aromatic rings. The Morgan fingerprint density at radius 1 is 1.55 bits per heavy atom. The number of carbonyl (C=O) groups excluding carboxylic acids is 1. The minimum Gasteiger partial charge on any atom is -0.298 e. The molecule has 1 aliphatic rings. The van der Waals surface area contributed by atoms with E-state index >= 15 is 0 Å². The standard InChI is InChI=1S/C9H17NO/c1-4-10-6-5-9(2,3)8(11)7-10/h4-7H2,1-3H3. The van der Waals surface area contributed by atoms with Crippen LogP contribution in [0, 0.1) is 5.41 Å². The molecule has 64 valence electrons. The van der Waals surface area contributed by atoms with Gasteiger partial charge in [0.1, 0.15) is 0 Å². The molecule has 11 heavy (non-hydrogen) atoms. The van der Waals surface area contributed by atoms with Gasteiger partial charge in [0, 0.05) is 5.41 Å². The molecule has 2 heteroatoms. The van der Waals surface area contributed by atoms with Crippen LogP contribution in [0.15, 0.2) is 0 Å². The van der Waals surface area contributed by atoms with Gasteiger partial charge < -0.3 is 0 Å². The molecule has 0 unspecified atom stereocenters. The molecule has 0 amide bonds. The van der Waals surface area contributed by atoms with Gasteiger partial charge in [-0.05, 0) is 19.5 Å². The Balaban J connectivity index is 2.55. The summed E-state index contributed by atoms with van der Waals surface area (Å²) in [6.45, 7) is 8.93. The van der Waals surface area contributed by atoms with Gasteiger partial charge in [0.2, 0.25) is 0 Å². The van der Waals surface area contributed by atoms with Crippen LogP contribution in [0.4, 0.5) is 0 Å². The first kappa shape index (κ1) is 8.72. The Kier molecular flexibility index (Phi) is 2.33. The molecule has 0 aromatic heterocycles. The minimum atomic E-state index is -0.0638. The lowest BCUT2D eigenvalue weighted by Gasteiger charge is -2.34. The molecule has 0 atom stereocenters. The summed E-state index contributed by atoms with van der Waals surface area (Å²) in [5, 5.41) is 0. The van der Waals surface area contributed by atoms with Crippen LogP contribution in [-0.2, 0) is 4.79 Å².